The van der Waals surface area contributed by atoms with Gasteiger partial charge in [-0.1, -0.05) is 52.4 Å². The van der Waals surface area contributed by atoms with Crippen LogP contribution in [0, 0.1) is 234 Å². The van der Waals surface area contributed by atoms with Crippen LogP contribution in [0.15, 0.2) is 0 Å². The van der Waals surface area contributed by atoms with Crippen LogP contribution in [0.5, 0.6) is 0 Å². The largest absolute Gasteiger partial charge is 0.387 e. The predicted octanol–water partition coefficient (Wildman–Crippen LogP) is 25.1. The second-order valence-electron chi connectivity index (χ2n) is 52.0. The van der Waals surface area contributed by atoms with E-state index in [4.69, 9.17) is 16.3 Å². The Labute approximate surface area is 845 Å². The summed E-state index contributed by atoms with van der Waals surface area (Å²) in [6.45, 7) is 12.0. The smallest absolute Gasteiger partial charge is 0.266 e. The maximum Gasteiger partial charge on any atom is 0.266 e. The maximum atomic E-state index is 13.3. The molecule has 0 saturated heterocycles. The van der Waals surface area contributed by atoms with Crippen molar-refractivity contribution in [1.82, 2.24) is 0 Å². The molecule has 0 bridgehead atoms. The van der Waals surface area contributed by atoms with E-state index < -0.39 is 41.1 Å². The van der Waals surface area contributed by atoms with E-state index >= 15 is 0 Å². The number of fused-ring (bicyclic) bond motifs is 25. The lowest BCUT2D eigenvalue weighted by Crippen LogP contribution is -2.53. The third kappa shape index (κ3) is 20.7. The van der Waals surface area contributed by atoms with Crippen LogP contribution < -0.4 is 0 Å². The first kappa shape index (κ1) is 106. The van der Waals surface area contributed by atoms with Gasteiger partial charge < -0.3 is 30.3 Å². The molecular weight excluding hydrogens is 1820 g/mol. The summed E-state index contributed by atoms with van der Waals surface area (Å²) in [7, 11) is 1.71. The molecule has 21 rings (SSSR count). The molecule has 21 aliphatic rings. The Morgan fingerprint density at radius 1 is 0.324 bits per heavy atom. The zero-order valence-corrected chi connectivity index (χ0v) is 90.2. The first-order chi connectivity index (χ1) is 65.0. The van der Waals surface area contributed by atoms with Gasteiger partial charge in [0.2, 0.25) is 0 Å². The number of alkyl halides is 3. The van der Waals surface area contributed by atoms with Gasteiger partial charge in [-0.05, 0) is 520 Å². The molecule has 766 valence electrons. The topological polar surface area (TPSA) is 196 Å². The van der Waals surface area contributed by atoms with Crippen LogP contribution >= 0.6 is 70.4 Å². The number of hydrogen-bond acceptors (Lipinski definition) is 16. The average Bonchev–Trinajstić information content (AvgIpc) is 1.66. The minimum atomic E-state index is -2.62. The van der Waals surface area contributed by atoms with E-state index in [-0.39, 0.29) is 57.7 Å². The predicted molar refractivity (Wildman–Crippen MR) is 553 cm³/mol. The van der Waals surface area contributed by atoms with Crippen molar-refractivity contribution in [2.45, 2.75) is 371 Å². The fourth-order valence-corrected chi connectivity index (χ4v) is 42.6. The molecule has 0 unspecified atom stereocenters. The summed E-state index contributed by atoms with van der Waals surface area (Å²) in [6, 6.07) is 0. The van der Waals surface area contributed by atoms with Gasteiger partial charge in [0, 0.05) is 48.0 Å². The molecule has 5 N–H and O–H groups in total. The van der Waals surface area contributed by atoms with Crippen LogP contribution in [0.4, 0.5) is 13.2 Å². The molecule has 21 fully saturated rings. The number of Topliss-reactive ketones (excluding diaryl/α,β-unsaturated/α-hetero) is 5. The molecule has 0 heterocycles. The van der Waals surface area contributed by atoms with E-state index in [2.05, 4.69) is 70.3 Å². The monoisotopic (exact) mass is 2000 g/mol. The zero-order valence-electron chi connectivity index (χ0n) is 85.4. The molecule has 0 aliphatic heterocycles. The summed E-state index contributed by atoms with van der Waals surface area (Å²) in [4.78, 5) is 63.8. The molecule has 40 atom stereocenters. The van der Waals surface area contributed by atoms with Gasteiger partial charge >= 0.3 is 0 Å². The van der Waals surface area contributed by atoms with E-state index in [1.807, 2.05) is 18.8 Å². The standard InChI is InChI=1S/C26H38O2S.C23H33ClO2S.C23H38O3S.C22H34F2O2S.C22H35FO2S/c1-25-12-10-20-19-11-14-26(28,13-9-17-3-4-17)15-18(19)5-6-21(20)22(25)7-8-23(25)24(27)16-29-2;1-22-9-7-17-16-8-10-23(26,11-12-24)13-15(16)3-4-18(17)19(22)5-6-20(22)21(25)14-27-2;1-22-10-8-17-16-9-11-23(25,14-26-2)12-15(16)4-5-18(17)19(22)6-7-20(22)21(24)13-27-3;1-21-9-7-15-14-8-10-22(26,20(23)24)11-13(14)3-4-16(15)17(21)5-6-18(21)19(25)12-27-2;1-21-9-7-16-15-8-10-22(25,13-23)11-14(15)3-4-17(16)18(21)5-6-19(21)20(24)12-26-2/h17-23,28H,3-8,10-12,14-16H2,1-2H3;15-20,26H,3-10,13-14H2,1-2H3;15-20,25H,4-14H2,1-3H3;13-18,20,26H,3-12H2,1-2H3;14-19,25H,3-13H2,1-2H3/t18-,19-,20+,21+,22-,23+,25-,26+;15-,16-,17+,18+,19-,20+,22-,23-;15-,16-,17+,18+,19-,20+,22-,23+;13-,14-,15+,16+,17-,18+,21-,22+;14-,15-,16+,17+,18-,19+,21-,22+/m00000/s1. The lowest BCUT2D eigenvalue weighted by molar-refractivity contribution is -0.160. The number of hydrogen-bond donors (Lipinski definition) is 5. The summed E-state index contributed by atoms with van der Waals surface area (Å²) in [5.74, 6) is 34.9. The molecule has 0 aromatic heterocycles. The number of methoxy groups -OCH3 is 1. The highest BCUT2D eigenvalue weighted by atomic mass is 35.5. The number of carbonyl (C=O) groups is 5. The Morgan fingerprint density at radius 2 is 0.588 bits per heavy atom. The molecule has 0 aromatic carbocycles. The van der Waals surface area contributed by atoms with Gasteiger partial charge in [-0.25, -0.2) is 13.2 Å². The minimum Gasteiger partial charge on any atom is -0.387 e. The van der Waals surface area contributed by atoms with Crippen LogP contribution in [-0.4, -0.2) is 169 Å². The second-order valence-corrected chi connectivity index (χ2v) is 56.5. The lowest BCUT2D eigenvalue weighted by atomic mass is 9.49. The Bertz CT molecular complexity index is 4310. The van der Waals surface area contributed by atoms with Crippen molar-refractivity contribution in [3.05, 3.63) is 0 Å². The van der Waals surface area contributed by atoms with Crippen LogP contribution in [-0.2, 0) is 28.7 Å². The van der Waals surface area contributed by atoms with E-state index in [1.165, 1.54) is 154 Å². The number of carbonyl (C=O) groups excluding carboxylic acids is 5. The van der Waals surface area contributed by atoms with Gasteiger partial charge in [0.25, 0.3) is 6.43 Å². The highest BCUT2D eigenvalue weighted by Gasteiger charge is 2.67. The van der Waals surface area contributed by atoms with E-state index in [0.29, 0.717) is 160 Å². The molecular formula is C116H178ClF3O11S5. The molecule has 136 heavy (non-hydrogen) atoms. The third-order valence-electron chi connectivity index (χ3n) is 46.1. The minimum absolute atomic E-state index is 0.152. The van der Waals surface area contributed by atoms with Crippen molar-refractivity contribution in [3.8, 4) is 23.1 Å². The first-order valence-corrected chi connectivity index (χ1v) is 63.0. The fraction of sp³-hybridized carbons (Fsp3) is 0.922. The highest BCUT2D eigenvalue weighted by Crippen LogP contribution is 2.72. The van der Waals surface area contributed by atoms with Crippen molar-refractivity contribution < 1.29 is 67.4 Å². The number of halogens is 4. The molecule has 20 heteroatoms. The fourth-order valence-electron chi connectivity index (χ4n) is 39.9. The van der Waals surface area contributed by atoms with Gasteiger partial charge in [0.1, 0.15) is 52.4 Å². The Balaban J connectivity index is 0.000000118. The first-order valence-electron chi connectivity index (χ1n) is 55.7. The van der Waals surface area contributed by atoms with Gasteiger partial charge in [-0.15, -0.1) is 0 Å². The number of aliphatic hydroxyl groups is 5. The Morgan fingerprint density at radius 3 is 0.868 bits per heavy atom. The van der Waals surface area contributed by atoms with Gasteiger partial charge in [-0.2, -0.15) is 58.8 Å². The average molecular weight is 2000 g/mol. The van der Waals surface area contributed by atoms with Crippen LogP contribution in [0.3, 0.4) is 0 Å². The number of ether oxygens (including phenoxy) is 1. The molecule has 0 amide bonds. The van der Waals surface area contributed by atoms with Crippen LogP contribution in [0.1, 0.15) is 336 Å². The Hall–Kier alpha value is -0.940. The second kappa shape index (κ2) is 43.3. The van der Waals surface area contributed by atoms with Crippen LogP contribution in [0.2, 0.25) is 0 Å². The van der Waals surface area contributed by atoms with Gasteiger partial charge in [0.15, 0.2) is 0 Å². The maximum absolute atomic E-state index is 13.3. The number of rotatable bonds is 19. The molecule has 11 nitrogen and oxygen atoms in total. The molecule has 21 aliphatic carbocycles. The van der Waals surface area contributed by atoms with Crippen molar-refractivity contribution in [3.63, 3.8) is 0 Å². The van der Waals surface area contributed by atoms with Crippen molar-refractivity contribution in [2.24, 2.45) is 211 Å². The number of ketones is 5. The summed E-state index contributed by atoms with van der Waals surface area (Å²) in [6.07, 6.45) is 58.5. The molecule has 0 radical (unpaired) electrons. The van der Waals surface area contributed by atoms with E-state index in [0.717, 1.165) is 205 Å². The molecule has 0 spiro atoms. The molecule has 21 saturated carbocycles. The van der Waals surface area contributed by atoms with Crippen molar-refractivity contribution >= 4 is 99.3 Å². The summed E-state index contributed by atoms with van der Waals surface area (Å²) < 4.78 is 45.2. The normalized spacial score (nSPS) is 49.3. The van der Waals surface area contributed by atoms with Gasteiger partial charge in [-0.3, -0.25) is 24.0 Å². The van der Waals surface area contributed by atoms with E-state index in [1.54, 1.807) is 65.9 Å². The van der Waals surface area contributed by atoms with Gasteiger partial charge in [0.05, 0.1) is 46.6 Å². The summed E-state index contributed by atoms with van der Waals surface area (Å²) in [5, 5.41) is 55.9. The van der Waals surface area contributed by atoms with Crippen LogP contribution in [0.25, 0.3) is 0 Å². The zero-order chi connectivity index (χ0) is 96.6. The number of thioether (sulfide) groups is 5. The Kier molecular flexibility index (Phi) is 33.9. The lowest BCUT2D eigenvalue weighted by Gasteiger charge is -2.57. The third-order valence-corrected chi connectivity index (χ3v) is 49.0. The SMILES string of the molecule is COC[C@@]1(O)CC[C@H]2[C@@H](CC[C@@H]3[C@@H]2CC[C@]2(C)[C@@H](C(=O)CSC)CC[C@@H]32)C1.CSCC(=O)[C@H]1CC[C@H]2[C@@H]3CC[C@H]4C[C@@](O)(C#CC5CC5)CC[C@@H]4[C@H]3CC[C@]12C.CSCC(=O)[C@H]1CC[C@H]2[C@@H]3CC[C@H]4C[C@@](O)(C#CCl)CC[C@@H]4[C@H]3CC[C@]12C.CSCC(=O)[C@H]1CC[C@H]2[C@@H]3CC[C@H]4C[C@@](O)(C(F)F)CC[C@@H]4[C@H]3CC[C@]12C.CSCC(=O)[C@H]1CC[C@H]2[C@@H]3CC[C@H]4C[C@@](O)(CF)CC[C@@H]4[C@H]3CC[C@]12C. The van der Waals surface area contributed by atoms with Crippen molar-refractivity contribution in [1.29, 1.82) is 0 Å². The quantitative estimate of drug-likeness (QED) is 0.0766. The molecule has 0 aromatic rings. The van der Waals surface area contributed by atoms with Crippen molar-refractivity contribution in [2.75, 3.05) is 80.4 Å². The van der Waals surface area contributed by atoms with E-state index in [9.17, 15) is 62.7 Å². The summed E-state index contributed by atoms with van der Waals surface area (Å²) >= 11 is 14.0. The highest BCUT2D eigenvalue weighted by molar-refractivity contribution is 8.00. The summed E-state index contributed by atoms with van der Waals surface area (Å²) in [5.41, 5.74) is -3.83.